The maximum Gasteiger partial charge on any atom is 0.0406 e. The first-order chi connectivity index (χ1) is 9.70. The van der Waals surface area contributed by atoms with Gasteiger partial charge in [0.05, 0.1) is 0 Å². The molecular formula is C18H20ClN. The van der Waals surface area contributed by atoms with Gasteiger partial charge in [0, 0.05) is 17.6 Å². The fraction of sp³-hybridized carbons (Fsp3) is 0.333. The Labute approximate surface area is 126 Å². The van der Waals surface area contributed by atoms with Crippen molar-refractivity contribution in [2.45, 2.75) is 38.3 Å². The zero-order chi connectivity index (χ0) is 13.9. The Hall–Kier alpha value is -1.31. The highest BCUT2D eigenvalue weighted by Crippen LogP contribution is 2.37. The molecule has 1 N–H and O–H groups in total. The highest BCUT2D eigenvalue weighted by molar-refractivity contribution is 6.30. The van der Waals surface area contributed by atoms with Crippen LogP contribution in [0, 0.1) is 6.92 Å². The zero-order valence-corrected chi connectivity index (χ0v) is 12.5. The Morgan fingerprint density at radius 1 is 1.00 bits per heavy atom. The SMILES string of the molecule is Cc1ccc(CNC2CC(c3ccc(Cl)cc3)C2)cc1. The van der Waals surface area contributed by atoms with Crippen molar-refractivity contribution < 1.29 is 0 Å². The summed E-state index contributed by atoms with van der Waals surface area (Å²) in [6, 6.07) is 17.7. The van der Waals surface area contributed by atoms with Crippen LogP contribution in [0.3, 0.4) is 0 Å². The number of nitrogens with one attached hydrogen (secondary N) is 1. The first-order valence-electron chi connectivity index (χ1n) is 7.25. The van der Waals surface area contributed by atoms with E-state index in [2.05, 4.69) is 48.6 Å². The molecule has 1 saturated carbocycles. The lowest BCUT2D eigenvalue weighted by atomic mass is 9.76. The molecule has 2 aromatic rings. The molecule has 2 aromatic carbocycles. The van der Waals surface area contributed by atoms with E-state index in [1.807, 2.05) is 12.1 Å². The third kappa shape index (κ3) is 3.23. The molecule has 0 unspecified atom stereocenters. The van der Waals surface area contributed by atoms with Crippen LogP contribution in [0.2, 0.25) is 5.02 Å². The Bertz CT molecular complexity index is 550. The second-order valence-electron chi connectivity index (χ2n) is 5.78. The molecule has 1 aliphatic carbocycles. The van der Waals surface area contributed by atoms with Crippen LogP contribution in [0.25, 0.3) is 0 Å². The third-order valence-corrected chi connectivity index (χ3v) is 4.45. The van der Waals surface area contributed by atoms with Crippen LogP contribution in [0.15, 0.2) is 48.5 Å². The van der Waals surface area contributed by atoms with Crippen LogP contribution in [-0.4, -0.2) is 6.04 Å². The van der Waals surface area contributed by atoms with E-state index in [1.54, 1.807) is 0 Å². The summed E-state index contributed by atoms with van der Waals surface area (Å²) in [6.07, 6.45) is 2.46. The van der Waals surface area contributed by atoms with Gasteiger partial charge >= 0.3 is 0 Å². The van der Waals surface area contributed by atoms with Gasteiger partial charge in [-0.1, -0.05) is 53.6 Å². The van der Waals surface area contributed by atoms with E-state index in [0.29, 0.717) is 12.0 Å². The molecule has 2 heteroatoms. The van der Waals surface area contributed by atoms with Gasteiger partial charge in [-0.25, -0.2) is 0 Å². The van der Waals surface area contributed by atoms with Crippen LogP contribution in [0.1, 0.15) is 35.4 Å². The molecule has 0 amide bonds. The first kappa shape index (κ1) is 13.7. The van der Waals surface area contributed by atoms with Gasteiger partial charge in [0.2, 0.25) is 0 Å². The number of rotatable bonds is 4. The number of hydrogen-bond acceptors (Lipinski definition) is 1. The van der Waals surface area contributed by atoms with Crippen molar-refractivity contribution in [2.75, 3.05) is 0 Å². The fourth-order valence-electron chi connectivity index (χ4n) is 2.76. The summed E-state index contributed by atoms with van der Waals surface area (Å²) < 4.78 is 0. The van der Waals surface area contributed by atoms with E-state index >= 15 is 0 Å². The molecule has 0 saturated heterocycles. The summed E-state index contributed by atoms with van der Waals surface area (Å²) >= 11 is 5.92. The van der Waals surface area contributed by atoms with Gasteiger partial charge in [0.25, 0.3) is 0 Å². The molecule has 1 fully saturated rings. The van der Waals surface area contributed by atoms with Crippen molar-refractivity contribution >= 4 is 11.6 Å². The number of aryl methyl sites for hydroxylation is 1. The van der Waals surface area contributed by atoms with Crippen LogP contribution in [-0.2, 0) is 6.54 Å². The second-order valence-corrected chi connectivity index (χ2v) is 6.22. The minimum atomic E-state index is 0.650. The molecule has 20 heavy (non-hydrogen) atoms. The predicted octanol–water partition coefficient (Wildman–Crippen LogP) is 4.68. The lowest BCUT2D eigenvalue weighted by Crippen LogP contribution is -2.39. The Kier molecular flexibility index (Phi) is 4.09. The molecule has 3 rings (SSSR count). The van der Waals surface area contributed by atoms with Gasteiger partial charge in [-0.3, -0.25) is 0 Å². The predicted molar refractivity (Wildman–Crippen MR) is 85.2 cm³/mol. The Balaban J connectivity index is 1.46. The molecule has 0 spiro atoms. The average Bonchev–Trinajstić information content (AvgIpc) is 2.41. The van der Waals surface area contributed by atoms with Crippen molar-refractivity contribution in [3.63, 3.8) is 0 Å². The normalized spacial score (nSPS) is 21.5. The van der Waals surface area contributed by atoms with Gasteiger partial charge in [0.15, 0.2) is 0 Å². The molecule has 1 aliphatic rings. The highest BCUT2D eigenvalue weighted by atomic mass is 35.5. The molecule has 0 radical (unpaired) electrons. The van der Waals surface area contributed by atoms with Crippen molar-refractivity contribution in [3.05, 3.63) is 70.2 Å². The standard InChI is InChI=1S/C18H20ClN/c1-13-2-4-14(5-3-13)12-20-18-10-16(11-18)15-6-8-17(19)9-7-15/h2-9,16,18,20H,10-12H2,1H3. The van der Waals surface area contributed by atoms with Crippen molar-refractivity contribution in [2.24, 2.45) is 0 Å². The summed E-state index contributed by atoms with van der Waals surface area (Å²) in [6.45, 7) is 3.10. The van der Waals surface area contributed by atoms with Crippen molar-refractivity contribution in [3.8, 4) is 0 Å². The Morgan fingerprint density at radius 2 is 1.65 bits per heavy atom. The third-order valence-electron chi connectivity index (χ3n) is 4.19. The summed E-state index contributed by atoms with van der Waals surface area (Å²) in [7, 11) is 0. The molecule has 0 atom stereocenters. The second kappa shape index (κ2) is 5.99. The topological polar surface area (TPSA) is 12.0 Å². The highest BCUT2D eigenvalue weighted by Gasteiger charge is 2.29. The van der Waals surface area contributed by atoms with E-state index in [1.165, 1.54) is 29.5 Å². The van der Waals surface area contributed by atoms with Gasteiger partial charge in [-0.2, -0.15) is 0 Å². The molecule has 1 nitrogen and oxygen atoms in total. The molecule has 0 aliphatic heterocycles. The van der Waals surface area contributed by atoms with Crippen LogP contribution >= 0.6 is 11.6 Å². The summed E-state index contributed by atoms with van der Waals surface area (Å²) in [5.41, 5.74) is 4.11. The molecule has 0 bridgehead atoms. The van der Waals surface area contributed by atoms with Crippen LogP contribution in [0.4, 0.5) is 0 Å². The number of hydrogen-bond donors (Lipinski definition) is 1. The lowest BCUT2D eigenvalue weighted by Gasteiger charge is -2.36. The van der Waals surface area contributed by atoms with Gasteiger partial charge < -0.3 is 5.32 Å². The summed E-state index contributed by atoms with van der Waals surface area (Å²) in [5, 5.41) is 4.46. The van der Waals surface area contributed by atoms with Gasteiger partial charge in [-0.15, -0.1) is 0 Å². The van der Waals surface area contributed by atoms with Gasteiger partial charge in [-0.05, 0) is 48.9 Å². The zero-order valence-electron chi connectivity index (χ0n) is 11.8. The van der Waals surface area contributed by atoms with Crippen LogP contribution in [0.5, 0.6) is 0 Å². The van der Waals surface area contributed by atoms with E-state index in [-0.39, 0.29) is 0 Å². The molecular weight excluding hydrogens is 266 g/mol. The number of benzene rings is 2. The Morgan fingerprint density at radius 3 is 2.30 bits per heavy atom. The monoisotopic (exact) mass is 285 g/mol. The molecule has 104 valence electrons. The van der Waals surface area contributed by atoms with Crippen molar-refractivity contribution in [1.82, 2.24) is 5.32 Å². The van der Waals surface area contributed by atoms with Gasteiger partial charge in [0.1, 0.15) is 0 Å². The fourth-order valence-corrected chi connectivity index (χ4v) is 2.89. The molecule has 0 aromatic heterocycles. The maximum absolute atomic E-state index is 5.92. The largest absolute Gasteiger partial charge is 0.310 e. The summed E-state index contributed by atoms with van der Waals surface area (Å²) in [5.74, 6) is 0.697. The average molecular weight is 286 g/mol. The summed E-state index contributed by atoms with van der Waals surface area (Å²) in [4.78, 5) is 0. The van der Waals surface area contributed by atoms with E-state index < -0.39 is 0 Å². The molecule has 0 heterocycles. The van der Waals surface area contributed by atoms with Crippen LogP contribution < -0.4 is 5.32 Å². The van der Waals surface area contributed by atoms with E-state index in [9.17, 15) is 0 Å². The smallest absolute Gasteiger partial charge is 0.0406 e. The van der Waals surface area contributed by atoms with Crippen molar-refractivity contribution in [1.29, 1.82) is 0 Å². The minimum absolute atomic E-state index is 0.650. The van der Waals surface area contributed by atoms with E-state index in [4.69, 9.17) is 11.6 Å². The quantitative estimate of drug-likeness (QED) is 0.860. The van der Waals surface area contributed by atoms with E-state index in [0.717, 1.165) is 11.6 Å². The maximum atomic E-state index is 5.92. The number of halogens is 1. The minimum Gasteiger partial charge on any atom is -0.310 e. The lowest BCUT2D eigenvalue weighted by molar-refractivity contribution is 0.289. The first-order valence-corrected chi connectivity index (χ1v) is 7.63.